The van der Waals surface area contributed by atoms with Crippen LogP contribution in [-0.2, 0) is 0 Å². The van der Waals surface area contributed by atoms with Gasteiger partial charge in [0.15, 0.2) is 0 Å². The van der Waals surface area contributed by atoms with Crippen LogP contribution < -0.4 is 10.6 Å². The third kappa shape index (κ3) is 1.20. The lowest BCUT2D eigenvalue weighted by Gasteiger charge is -2.35. The van der Waals surface area contributed by atoms with Crippen molar-refractivity contribution in [2.45, 2.75) is 6.17 Å². The van der Waals surface area contributed by atoms with Crippen LogP contribution in [0.2, 0.25) is 0 Å². The highest BCUT2D eigenvalue weighted by Gasteiger charge is 2.26. The molecule has 3 nitrogen and oxygen atoms in total. The summed E-state index contributed by atoms with van der Waals surface area (Å²) in [5.41, 5.74) is 6.22. The summed E-state index contributed by atoms with van der Waals surface area (Å²) < 4.78 is 12.5. The van der Waals surface area contributed by atoms with Crippen LogP contribution in [0.3, 0.4) is 0 Å². The molecule has 2 N–H and O–H groups in total. The molecule has 1 saturated heterocycles. The van der Waals surface area contributed by atoms with Gasteiger partial charge in [-0.05, 0) is 6.07 Å². The Morgan fingerprint density at radius 3 is 2.92 bits per heavy atom. The Morgan fingerprint density at radius 1 is 1.58 bits per heavy atom. The van der Waals surface area contributed by atoms with E-state index in [0.717, 1.165) is 5.82 Å². The number of nitrogens with two attached hydrogens (primary N) is 1. The quantitative estimate of drug-likeness (QED) is 0.673. The molecule has 0 radical (unpaired) electrons. The molecular weight excluding hydrogens is 157 g/mol. The Kier molecular flexibility index (Phi) is 1.60. The molecule has 2 heterocycles. The van der Waals surface area contributed by atoms with Crippen LogP contribution in [0.4, 0.5) is 15.9 Å². The second kappa shape index (κ2) is 2.62. The molecule has 1 aromatic rings. The van der Waals surface area contributed by atoms with Crippen molar-refractivity contribution in [1.82, 2.24) is 4.98 Å². The van der Waals surface area contributed by atoms with Gasteiger partial charge in [0.05, 0.1) is 13.1 Å². The van der Waals surface area contributed by atoms with Gasteiger partial charge in [0.1, 0.15) is 12.0 Å². The molecule has 1 fully saturated rings. The molecule has 0 atom stereocenters. The van der Waals surface area contributed by atoms with Crippen LogP contribution in [-0.4, -0.2) is 24.2 Å². The summed E-state index contributed by atoms with van der Waals surface area (Å²) in [6.45, 7) is 0.882. The number of aromatic nitrogens is 1. The predicted octanol–water partition coefficient (Wildman–Crippen LogP) is 0.822. The van der Waals surface area contributed by atoms with E-state index < -0.39 is 6.17 Å². The van der Waals surface area contributed by atoms with Gasteiger partial charge in [-0.15, -0.1) is 0 Å². The molecule has 1 aromatic heterocycles. The number of hydrogen-bond acceptors (Lipinski definition) is 3. The minimum atomic E-state index is -0.701. The van der Waals surface area contributed by atoms with Crippen molar-refractivity contribution in [3.05, 3.63) is 18.3 Å². The monoisotopic (exact) mass is 167 g/mol. The number of anilines is 2. The average molecular weight is 167 g/mol. The first-order valence-corrected chi connectivity index (χ1v) is 3.86. The molecule has 2 rings (SSSR count). The van der Waals surface area contributed by atoms with Crippen molar-refractivity contribution < 1.29 is 4.39 Å². The number of nitrogens with zero attached hydrogens (tertiary/aromatic N) is 2. The topological polar surface area (TPSA) is 42.1 Å². The van der Waals surface area contributed by atoms with Crippen molar-refractivity contribution in [2.24, 2.45) is 0 Å². The van der Waals surface area contributed by atoms with Crippen LogP contribution in [0, 0.1) is 0 Å². The highest BCUT2D eigenvalue weighted by molar-refractivity contribution is 5.51. The fourth-order valence-electron chi connectivity index (χ4n) is 1.22. The van der Waals surface area contributed by atoms with Gasteiger partial charge < -0.3 is 10.6 Å². The van der Waals surface area contributed by atoms with E-state index in [4.69, 9.17) is 5.73 Å². The van der Waals surface area contributed by atoms with Crippen molar-refractivity contribution in [1.29, 1.82) is 0 Å². The normalized spacial score (nSPS) is 17.6. The van der Waals surface area contributed by atoms with Gasteiger partial charge in [0.2, 0.25) is 0 Å². The van der Waals surface area contributed by atoms with Crippen LogP contribution in [0.5, 0.6) is 0 Å². The molecule has 12 heavy (non-hydrogen) atoms. The number of pyridine rings is 1. The first kappa shape index (κ1) is 7.34. The lowest BCUT2D eigenvalue weighted by molar-refractivity contribution is 0.273. The van der Waals surface area contributed by atoms with Crippen LogP contribution in [0.15, 0.2) is 18.3 Å². The van der Waals surface area contributed by atoms with E-state index >= 15 is 0 Å². The first-order chi connectivity index (χ1) is 5.75. The summed E-state index contributed by atoms with van der Waals surface area (Å²) in [7, 11) is 0. The molecule has 0 saturated carbocycles. The summed E-state index contributed by atoms with van der Waals surface area (Å²) in [6.07, 6.45) is 0.934. The van der Waals surface area contributed by atoms with Crippen molar-refractivity contribution in [2.75, 3.05) is 23.7 Å². The number of nitrogen functional groups attached to an aromatic ring is 1. The molecule has 0 bridgehead atoms. The minimum absolute atomic E-state index is 0.441. The Balaban J connectivity index is 2.13. The molecule has 1 aliphatic heterocycles. The van der Waals surface area contributed by atoms with Gasteiger partial charge in [0.25, 0.3) is 0 Å². The molecule has 0 aromatic carbocycles. The number of alkyl halides is 1. The number of hydrogen-bond donors (Lipinski definition) is 1. The first-order valence-electron chi connectivity index (χ1n) is 3.86. The lowest BCUT2D eigenvalue weighted by Crippen LogP contribution is -2.48. The maximum Gasteiger partial charge on any atom is 0.135 e. The standard InChI is InChI=1S/C8H10FN3/c9-6-4-12(5-6)8-3-7(10)1-2-11-8/h1-3,6H,4-5H2,(H2,10,11). The van der Waals surface area contributed by atoms with Crippen molar-refractivity contribution >= 4 is 11.5 Å². The van der Waals surface area contributed by atoms with E-state index in [1.54, 1.807) is 18.3 Å². The molecule has 64 valence electrons. The number of halogens is 1. The van der Waals surface area contributed by atoms with Gasteiger partial charge in [-0.1, -0.05) is 0 Å². The molecule has 4 heteroatoms. The number of rotatable bonds is 1. The second-order valence-electron chi connectivity index (χ2n) is 2.95. The molecule has 0 unspecified atom stereocenters. The van der Waals surface area contributed by atoms with E-state index in [1.165, 1.54) is 0 Å². The highest BCUT2D eigenvalue weighted by Crippen LogP contribution is 2.21. The van der Waals surface area contributed by atoms with Crippen molar-refractivity contribution in [3.8, 4) is 0 Å². The molecule has 0 spiro atoms. The smallest absolute Gasteiger partial charge is 0.135 e. The zero-order chi connectivity index (χ0) is 8.55. The fraction of sp³-hybridized carbons (Fsp3) is 0.375. The molecular formula is C8H10FN3. The Morgan fingerprint density at radius 2 is 2.33 bits per heavy atom. The third-order valence-corrected chi connectivity index (χ3v) is 1.93. The van der Waals surface area contributed by atoms with Crippen molar-refractivity contribution in [3.63, 3.8) is 0 Å². The predicted molar refractivity (Wildman–Crippen MR) is 45.8 cm³/mol. The fourth-order valence-corrected chi connectivity index (χ4v) is 1.22. The van der Waals surface area contributed by atoms with Crippen LogP contribution in [0.1, 0.15) is 0 Å². The van der Waals surface area contributed by atoms with Crippen LogP contribution >= 0.6 is 0 Å². The van der Waals surface area contributed by atoms with E-state index in [2.05, 4.69) is 4.98 Å². The summed E-state index contributed by atoms with van der Waals surface area (Å²) >= 11 is 0. The third-order valence-electron chi connectivity index (χ3n) is 1.93. The van der Waals surface area contributed by atoms with E-state index in [-0.39, 0.29) is 0 Å². The summed E-state index contributed by atoms with van der Waals surface area (Å²) in [4.78, 5) is 5.94. The Bertz CT molecular complexity index is 283. The molecule has 1 aliphatic rings. The van der Waals surface area contributed by atoms with E-state index in [0.29, 0.717) is 18.8 Å². The lowest BCUT2D eigenvalue weighted by atomic mass is 10.2. The van der Waals surface area contributed by atoms with Gasteiger partial charge in [-0.2, -0.15) is 0 Å². The largest absolute Gasteiger partial charge is 0.399 e. The summed E-state index contributed by atoms with van der Waals surface area (Å²) in [6, 6.07) is 3.47. The van der Waals surface area contributed by atoms with E-state index in [9.17, 15) is 4.39 Å². The maximum atomic E-state index is 12.5. The van der Waals surface area contributed by atoms with Gasteiger partial charge in [-0.25, -0.2) is 9.37 Å². The Labute approximate surface area is 70.0 Å². The average Bonchev–Trinajstić information content (AvgIpc) is 1.99. The SMILES string of the molecule is Nc1ccnc(N2CC(F)C2)c1. The van der Waals surface area contributed by atoms with Gasteiger partial charge in [0, 0.05) is 18.0 Å². The highest BCUT2D eigenvalue weighted by atomic mass is 19.1. The minimum Gasteiger partial charge on any atom is -0.399 e. The van der Waals surface area contributed by atoms with Gasteiger partial charge >= 0.3 is 0 Å². The zero-order valence-corrected chi connectivity index (χ0v) is 6.57. The van der Waals surface area contributed by atoms with E-state index in [1.807, 2.05) is 4.90 Å². The maximum absolute atomic E-state index is 12.5. The molecule has 0 aliphatic carbocycles. The molecule has 0 amide bonds. The summed E-state index contributed by atoms with van der Waals surface area (Å²) in [5.74, 6) is 0.768. The van der Waals surface area contributed by atoms with Crippen LogP contribution in [0.25, 0.3) is 0 Å². The Hall–Kier alpha value is -1.32. The second-order valence-corrected chi connectivity index (χ2v) is 2.95. The van der Waals surface area contributed by atoms with Gasteiger partial charge in [-0.3, -0.25) is 0 Å². The zero-order valence-electron chi connectivity index (χ0n) is 6.57. The summed E-state index contributed by atoms with van der Waals surface area (Å²) in [5, 5.41) is 0.